The summed E-state index contributed by atoms with van der Waals surface area (Å²) in [6, 6.07) is 0. The summed E-state index contributed by atoms with van der Waals surface area (Å²) >= 11 is -2.89. The highest BCUT2D eigenvalue weighted by Crippen LogP contribution is 1.95. The molecular formula is CH4O6S. The second-order valence-electron chi connectivity index (χ2n) is 0.874. The van der Waals surface area contributed by atoms with E-state index in [0.717, 1.165) is 0 Å². The Morgan fingerprint density at radius 3 is 1.75 bits per heavy atom. The molecule has 0 aliphatic rings. The van der Waals surface area contributed by atoms with E-state index in [0.29, 0.717) is 0 Å². The number of aliphatic hydroxyl groups is 3. The van der Waals surface area contributed by atoms with Gasteiger partial charge in [0.25, 0.3) is 0 Å². The Morgan fingerprint density at radius 1 is 1.38 bits per heavy atom. The van der Waals surface area contributed by atoms with Gasteiger partial charge in [-0.25, -0.2) is 0 Å². The molecule has 0 aromatic heterocycles. The van der Waals surface area contributed by atoms with Crippen LogP contribution in [0, 0.1) is 0 Å². The zero-order chi connectivity index (χ0) is 6.78. The quantitative estimate of drug-likeness (QED) is 0.257. The van der Waals surface area contributed by atoms with Crippen molar-refractivity contribution in [1.29, 1.82) is 0 Å². The highest BCUT2D eigenvalue weighted by atomic mass is 32.2. The second kappa shape index (κ2) is 2.49. The lowest BCUT2D eigenvalue weighted by molar-refractivity contribution is -0.418. The summed E-state index contributed by atoms with van der Waals surface area (Å²) in [5.74, 6) is 0. The third kappa shape index (κ3) is 5.95. The molecule has 0 aromatic carbocycles. The molecule has 0 saturated heterocycles. The molecule has 7 heteroatoms. The van der Waals surface area contributed by atoms with Crippen molar-refractivity contribution in [3.05, 3.63) is 0 Å². The van der Waals surface area contributed by atoms with Gasteiger partial charge >= 0.3 is 17.5 Å². The van der Waals surface area contributed by atoms with E-state index in [1.54, 1.807) is 0 Å². The molecule has 8 heavy (non-hydrogen) atoms. The molecule has 0 bridgehead atoms. The number of rotatable bonds is 2. The van der Waals surface area contributed by atoms with Gasteiger partial charge in [-0.1, -0.05) is 0 Å². The molecule has 0 amide bonds. The van der Waals surface area contributed by atoms with Gasteiger partial charge in [-0.05, 0) is 0 Å². The van der Waals surface area contributed by atoms with Crippen LogP contribution in [0.2, 0.25) is 0 Å². The van der Waals surface area contributed by atoms with Crippen molar-refractivity contribution in [2.75, 3.05) is 0 Å². The fourth-order valence-electron chi connectivity index (χ4n) is 0.0956. The van der Waals surface area contributed by atoms with Crippen molar-refractivity contribution in [2.45, 2.75) is 6.16 Å². The predicted octanol–water partition coefficient (Wildman–Crippen LogP) is -2.27. The first-order chi connectivity index (χ1) is 3.42. The van der Waals surface area contributed by atoms with Gasteiger partial charge < -0.3 is 15.3 Å². The molecule has 50 valence electrons. The smallest absolute Gasteiger partial charge is 0.319 e. The summed E-state index contributed by atoms with van der Waals surface area (Å²) in [7, 11) is 0. The Morgan fingerprint density at radius 2 is 1.75 bits per heavy atom. The van der Waals surface area contributed by atoms with Gasteiger partial charge in [0, 0.05) is 0 Å². The minimum atomic E-state index is -3.53. The predicted molar refractivity (Wildman–Crippen MR) is 21.2 cm³/mol. The average Bonchev–Trinajstić information content (AvgIpc) is 1.21. The van der Waals surface area contributed by atoms with Gasteiger partial charge in [0.1, 0.15) is 0 Å². The molecule has 1 unspecified atom stereocenters. The van der Waals surface area contributed by atoms with E-state index in [1.807, 2.05) is 0 Å². The first kappa shape index (κ1) is 7.95. The lowest BCUT2D eigenvalue weighted by Gasteiger charge is -2.08. The van der Waals surface area contributed by atoms with Crippen molar-refractivity contribution in [1.82, 2.24) is 0 Å². The van der Waals surface area contributed by atoms with Crippen LogP contribution in [0.4, 0.5) is 0 Å². The summed E-state index contributed by atoms with van der Waals surface area (Å²) in [6.07, 6.45) is -3.53. The molecule has 0 saturated carbocycles. The Bertz CT molecular complexity index is 91.2. The third-order valence-electron chi connectivity index (χ3n) is 0.183. The molecule has 0 aliphatic carbocycles. The maximum Gasteiger partial charge on any atom is 0.419 e. The fraction of sp³-hybridized carbons (Fsp3) is 1.00. The lowest BCUT2D eigenvalue weighted by atomic mass is 11.2. The minimum Gasteiger partial charge on any atom is -0.319 e. The molecule has 0 spiro atoms. The molecule has 1 atom stereocenters. The molecule has 0 heterocycles. The van der Waals surface area contributed by atoms with Crippen molar-refractivity contribution >= 4 is 11.4 Å². The Hall–Kier alpha value is -0.0500. The zero-order valence-electron chi connectivity index (χ0n) is 3.51. The fourth-order valence-corrected chi connectivity index (χ4v) is 0.287. The van der Waals surface area contributed by atoms with Crippen LogP contribution in [0.5, 0.6) is 0 Å². The SMILES string of the molecule is O=S(O)OC(O)(O)O. The van der Waals surface area contributed by atoms with Crippen molar-refractivity contribution in [2.24, 2.45) is 0 Å². The van der Waals surface area contributed by atoms with Crippen LogP contribution in [-0.4, -0.2) is 30.2 Å². The van der Waals surface area contributed by atoms with Crippen LogP contribution < -0.4 is 0 Å². The molecular weight excluding hydrogens is 140 g/mol. The van der Waals surface area contributed by atoms with E-state index in [-0.39, 0.29) is 0 Å². The molecule has 0 rings (SSSR count). The summed E-state index contributed by atoms with van der Waals surface area (Å²) in [6.45, 7) is 0. The van der Waals surface area contributed by atoms with Crippen LogP contribution in [0.1, 0.15) is 0 Å². The molecule has 6 nitrogen and oxygen atoms in total. The molecule has 0 fully saturated rings. The zero-order valence-corrected chi connectivity index (χ0v) is 4.33. The third-order valence-corrected chi connectivity index (χ3v) is 0.549. The van der Waals surface area contributed by atoms with Crippen molar-refractivity contribution in [3.8, 4) is 0 Å². The van der Waals surface area contributed by atoms with Crippen LogP contribution in [0.25, 0.3) is 0 Å². The van der Waals surface area contributed by atoms with Gasteiger partial charge in [-0.3, -0.25) is 4.55 Å². The Labute approximate surface area is 46.8 Å². The molecule has 0 aliphatic heterocycles. The van der Waals surface area contributed by atoms with E-state index < -0.39 is 17.5 Å². The van der Waals surface area contributed by atoms with Crippen molar-refractivity contribution in [3.63, 3.8) is 0 Å². The number of hydrogen-bond acceptors (Lipinski definition) is 5. The van der Waals surface area contributed by atoms with Gasteiger partial charge in [-0.2, -0.15) is 8.39 Å². The summed E-state index contributed by atoms with van der Waals surface area (Å²) in [5.41, 5.74) is 0. The largest absolute Gasteiger partial charge is 0.419 e. The normalized spacial score (nSPS) is 16.0. The average molecular weight is 144 g/mol. The molecule has 0 radical (unpaired) electrons. The summed E-state index contributed by atoms with van der Waals surface area (Å²) in [4.78, 5) is 0. The summed E-state index contributed by atoms with van der Waals surface area (Å²) < 4.78 is 20.2. The van der Waals surface area contributed by atoms with Gasteiger partial charge in [0.15, 0.2) is 0 Å². The van der Waals surface area contributed by atoms with E-state index >= 15 is 0 Å². The van der Waals surface area contributed by atoms with Gasteiger partial charge in [0.05, 0.1) is 0 Å². The minimum absolute atomic E-state index is 2.89. The second-order valence-corrected chi connectivity index (χ2v) is 1.48. The first-order valence-corrected chi connectivity index (χ1v) is 2.42. The topological polar surface area (TPSA) is 107 Å². The van der Waals surface area contributed by atoms with E-state index in [1.165, 1.54) is 0 Å². The van der Waals surface area contributed by atoms with E-state index in [2.05, 4.69) is 4.18 Å². The number of hydrogen-bond donors (Lipinski definition) is 4. The maximum absolute atomic E-state index is 9.42. The highest BCUT2D eigenvalue weighted by Gasteiger charge is 2.22. The monoisotopic (exact) mass is 144 g/mol. The van der Waals surface area contributed by atoms with E-state index in [4.69, 9.17) is 19.9 Å². The molecule has 0 aromatic rings. The Kier molecular flexibility index (Phi) is 2.47. The van der Waals surface area contributed by atoms with Crippen LogP contribution >= 0.6 is 0 Å². The standard InChI is InChI=1S/CH4O6S/c2-1(3,4)7-8(5)6/h2-4H,(H,5,6). The van der Waals surface area contributed by atoms with Crippen LogP contribution in [0.3, 0.4) is 0 Å². The lowest BCUT2D eigenvalue weighted by Crippen LogP contribution is -2.31. The van der Waals surface area contributed by atoms with Crippen LogP contribution in [-0.2, 0) is 15.5 Å². The Balaban J connectivity index is 3.55. The van der Waals surface area contributed by atoms with E-state index in [9.17, 15) is 4.21 Å². The van der Waals surface area contributed by atoms with Crippen LogP contribution in [0.15, 0.2) is 0 Å². The van der Waals surface area contributed by atoms with Crippen molar-refractivity contribution < 1.29 is 28.3 Å². The maximum atomic E-state index is 9.42. The first-order valence-electron chi connectivity index (χ1n) is 1.39. The van der Waals surface area contributed by atoms with Gasteiger partial charge in [0.2, 0.25) is 0 Å². The highest BCUT2D eigenvalue weighted by molar-refractivity contribution is 7.74. The molecule has 4 N–H and O–H groups in total. The summed E-state index contributed by atoms with van der Waals surface area (Å²) in [5, 5.41) is 23.2. The van der Waals surface area contributed by atoms with Gasteiger partial charge in [-0.15, -0.1) is 0 Å².